The lowest BCUT2D eigenvalue weighted by atomic mass is 10.2. The molecule has 0 fully saturated rings. The number of nitrogens with one attached hydrogen (secondary N) is 1. The summed E-state index contributed by atoms with van der Waals surface area (Å²) in [6, 6.07) is 5.97. The highest BCUT2D eigenvalue weighted by Crippen LogP contribution is 2.10. The number of carbonyl (C=O) groups excluding carboxylic acids is 1. The van der Waals surface area contributed by atoms with Gasteiger partial charge in [0.05, 0.1) is 12.7 Å². The van der Waals surface area contributed by atoms with E-state index < -0.39 is 5.97 Å². The van der Waals surface area contributed by atoms with E-state index in [0.717, 1.165) is 0 Å². The van der Waals surface area contributed by atoms with Crippen molar-refractivity contribution in [1.82, 2.24) is 20.3 Å². The van der Waals surface area contributed by atoms with Crippen LogP contribution in [0.5, 0.6) is 5.75 Å². The van der Waals surface area contributed by atoms with Crippen LogP contribution in [0.25, 0.3) is 0 Å². The maximum atomic E-state index is 11.7. The van der Waals surface area contributed by atoms with Crippen molar-refractivity contribution in [2.24, 2.45) is 0 Å². The van der Waals surface area contributed by atoms with Gasteiger partial charge in [-0.2, -0.15) is 0 Å². The monoisotopic (exact) mass is 276 g/mol. The van der Waals surface area contributed by atoms with E-state index in [1.165, 1.54) is 23.0 Å². The van der Waals surface area contributed by atoms with Crippen LogP contribution in [-0.4, -0.2) is 43.6 Å². The Morgan fingerprint density at radius 2 is 2.15 bits per heavy atom. The third-order valence-electron chi connectivity index (χ3n) is 2.49. The SMILES string of the molecule is O=C(NCCn1cc(C(=O)O)nn1)c1cccc(O)c1. The molecule has 1 heterocycles. The quantitative estimate of drug-likeness (QED) is 0.713. The lowest BCUT2D eigenvalue weighted by Crippen LogP contribution is -2.27. The molecule has 0 spiro atoms. The number of carboxylic acid groups (broad SMARTS) is 1. The van der Waals surface area contributed by atoms with E-state index in [2.05, 4.69) is 15.6 Å². The molecule has 0 atom stereocenters. The molecule has 0 bridgehead atoms. The molecular weight excluding hydrogens is 264 g/mol. The fourth-order valence-electron chi connectivity index (χ4n) is 1.54. The molecule has 1 aromatic carbocycles. The number of phenolic OH excluding ortho intramolecular Hbond substituents is 1. The Bertz CT molecular complexity index is 638. The molecule has 0 aliphatic carbocycles. The number of carbonyl (C=O) groups is 2. The topological polar surface area (TPSA) is 117 Å². The number of hydrogen-bond donors (Lipinski definition) is 3. The average Bonchev–Trinajstić information content (AvgIpc) is 2.87. The Kier molecular flexibility index (Phi) is 3.94. The van der Waals surface area contributed by atoms with Gasteiger partial charge in [-0.05, 0) is 18.2 Å². The summed E-state index contributed by atoms with van der Waals surface area (Å²) in [5.74, 6) is -1.47. The minimum absolute atomic E-state index is 0.0139. The Morgan fingerprint density at radius 1 is 1.35 bits per heavy atom. The largest absolute Gasteiger partial charge is 0.508 e. The fraction of sp³-hybridized carbons (Fsp3) is 0.167. The zero-order chi connectivity index (χ0) is 14.5. The summed E-state index contributed by atoms with van der Waals surface area (Å²) in [5, 5.41) is 27.6. The number of rotatable bonds is 5. The summed E-state index contributed by atoms with van der Waals surface area (Å²) < 4.78 is 1.33. The second kappa shape index (κ2) is 5.83. The summed E-state index contributed by atoms with van der Waals surface area (Å²) in [4.78, 5) is 22.3. The van der Waals surface area contributed by atoms with Gasteiger partial charge < -0.3 is 15.5 Å². The van der Waals surface area contributed by atoms with Crippen LogP contribution in [0.15, 0.2) is 30.5 Å². The van der Waals surface area contributed by atoms with E-state index in [-0.39, 0.29) is 23.9 Å². The lowest BCUT2D eigenvalue weighted by Gasteiger charge is -2.05. The smallest absolute Gasteiger partial charge is 0.358 e. The van der Waals surface area contributed by atoms with Gasteiger partial charge in [-0.25, -0.2) is 9.48 Å². The highest BCUT2D eigenvalue weighted by atomic mass is 16.4. The number of aromatic carboxylic acids is 1. The standard InChI is InChI=1S/C12H12N4O4/c17-9-3-1-2-8(6-9)11(18)13-4-5-16-7-10(12(19)20)14-15-16/h1-3,6-7,17H,4-5H2,(H,13,18)(H,19,20). The molecule has 0 aliphatic heterocycles. The fourth-order valence-corrected chi connectivity index (χ4v) is 1.54. The molecule has 1 amide bonds. The van der Waals surface area contributed by atoms with Gasteiger partial charge in [0.15, 0.2) is 5.69 Å². The van der Waals surface area contributed by atoms with E-state index in [1.807, 2.05) is 0 Å². The molecule has 3 N–H and O–H groups in total. The van der Waals surface area contributed by atoms with Crippen molar-refractivity contribution in [3.63, 3.8) is 0 Å². The van der Waals surface area contributed by atoms with Crippen molar-refractivity contribution in [2.75, 3.05) is 6.54 Å². The third-order valence-corrected chi connectivity index (χ3v) is 2.49. The van der Waals surface area contributed by atoms with Crippen LogP contribution in [0.1, 0.15) is 20.8 Å². The second-order valence-electron chi connectivity index (χ2n) is 3.98. The minimum atomic E-state index is -1.15. The first kappa shape index (κ1) is 13.5. The van der Waals surface area contributed by atoms with Gasteiger partial charge >= 0.3 is 5.97 Å². The van der Waals surface area contributed by atoms with E-state index in [1.54, 1.807) is 12.1 Å². The van der Waals surface area contributed by atoms with Crippen molar-refractivity contribution in [2.45, 2.75) is 6.54 Å². The zero-order valence-corrected chi connectivity index (χ0v) is 10.4. The molecule has 0 unspecified atom stereocenters. The number of benzene rings is 1. The van der Waals surface area contributed by atoms with Crippen LogP contribution < -0.4 is 5.32 Å². The highest BCUT2D eigenvalue weighted by Gasteiger charge is 2.09. The van der Waals surface area contributed by atoms with Gasteiger partial charge in [-0.1, -0.05) is 11.3 Å². The molecule has 0 saturated heterocycles. The molecule has 2 aromatic rings. The predicted molar refractivity (Wildman–Crippen MR) is 67.4 cm³/mol. The maximum Gasteiger partial charge on any atom is 0.358 e. The number of amides is 1. The van der Waals surface area contributed by atoms with Crippen molar-refractivity contribution in [3.05, 3.63) is 41.7 Å². The number of aromatic hydroxyl groups is 1. The molecule has 0 radical (unpaired) electrons. The molecule has 104 valence electrons. The van der Waals surface area contributed by atoms with Crippen molar-refractivity contribution >= 4 is 11.9 Å². The van der Waals surface area contributed by atoms with Crippen LogP contribution in [0.4, 0.5) is 0 Å². The van der Waals surface area contributed by atoms with Gasteiger partial charge in [-0.3, -0.25) is 4.79 Å². The summed E-state index contributed by atoms with van der Waals surface area (Å²) in [5.41, 5.74) is 0.194. The predicted octanol–water partition coefficient (Wildman–Crippen LogP) is 0.112. The van der Waals surface area contributed by atoms with Gasteiger partial charge in [-0.15, -0.1) is 5.10 Å². The van der Waals surface area contributed by atoms with Crippen LogP contribution in [-0.2, 0) is 6.54 Å². The van der Waals surface area contributed by atoms with Crippen molar-refractivity contribution in [3.8, 4) is 5.75 Å². The Hall–Kier alpha value is -2.90. The molecule has 0 aliphatic rings. The van der Waals surface area contributed by atoms with E-state index in [9.17, 15) is 14.7 Å². The molecule has 8 nitrogen and oxygen atoms in total. The Balaban J connectivity index is 1.86. The third kappa shape index (κ3) is 3.31. The van der Waals surface area contributed by atoms with Crippen molar-refractivity contribution < 1.29 is 19.8 Å². The number of nitrogens with zero attached hydrogens (tertiary/aromatic N) is 3. The summed E-state index contributed by atoms with van der Waals surface area (Å²) in [6.45, 7) is 0.557. The normalized spacial score (nSPS) is 10.2. The van der Waals surface area contributed by atoms with Crippen LogP contribution in [0.2, 0.25) is 0 Å². The van der Waals surface area contributed by atoms with Crippen molar-refractivity contribution in [1.29, 1.82) is 0 Å². The zero-order valence-electron chi connectivity index (χ0n) is 10.4. The van der Waals surface area contributed by atoms with Crippen LogP contribution in [0.3, 0.4) is 0 Å². The molecular formula is C12H12N4O4. The molecule has 0 saturated carbocycles. The van der Waals surface area contributed by atoms with Crippen LogP contribution in [0, 0.1) is 0 Å². The summed E-state index contributed by atoms with van der Waals surface area (Å²) in [6.07, 6.45) is 1.28. The van der Waals surface area contributed by atoms with Gasteiger partial charge in [0, 0.05) is 12.1 Å². The molecule has 8 heteroatoms. The number of phenols is 1. The van der Waals surface area contributed by atoms with Crippen LogP contribution >= 0.6 is 0 Å². The molecule has 20 heavy (non-hydrogen) atoms. The number of hydrogen-bond acceptors (Lipinski definition) is 5. The Morgan fingerprint density at radius 3 is 2.80 bits per heavy atom. The van der Waals surface area contributed by atoms with Gasteiger partial charge in [0.2, 0.25) is 0 Å². The average molecular weight is 276 g/mol. The minimum Gasteiger partial charge on any atom is -0.508 e. The van der Waals surface area contributed by atoms with E-state index in [0.29, 0.717) is 12.1 Å². The Labute approximate surface area is 113 Å². The maximum absolute atomic E-state index is 11.7. The van der Waals surface area contributed by atoms with E-state index >= 15 is 0 Å². The van der Waals surface area contributed by atoms with Gasteiger partial charge in [0.1, 0.15) is 5.75 Å². The number of aromatic nitrogens is 3. The summed E-state index contributed by atoms with van der Waals surface area (Å²) >= 11 is 0. The second-order valence-corrected chi connectivity index (χ2v) is 3.98. The van der Waals surface area contributed by atoms with Gasteiger partial charge in [0.25, 0.3) is 5.91 Å². The first-order valence-corrected chi connectivity index (χ1v) is 5.77. The van der Waals surface area contributed by atoms with E-state index in [4.69, 9.17) is 5.11 Å². The first-order chi connectivity index (χ1) is 9.56. The highest BCUT2D eigenvalue weighted by molar-refractivity contribution is 5.94. The first-order valence-electron chi connectivity index (χ1n) is 5.77. The summed E-state index contributed by atoms with van der Waals surface area (Å²) in [7, 11) is 0. The molecule has 1 aromatic heterocycles. The lowest BCUT2D eigenvalue weighted by molar-refractivity contribution is 0.0690. The molecule has 2 rings (SSSR count). The number of carboxylic acids is 1.